The zero-order chi connectivity index (χ0) is 14.0. The highest BCUT2D eigenvalue weighted by molar-refractivity contribution is 5.50. The summed E-state index contributed by atoms with van der Waals surface area (Å²) in [6.07, 6.45) is 1.24. The van der Waals surface area contributed by atoms with E-state index in [1.54, 1.807) is 18.2 Å². The van der Waals surface area contributed by atoms with Gasteiger partial charge in [-0.15, -0.1) is 0 Å². The summed E-state index contributed by atoms with van der Waals surface area (Å²) in [6, 6.07) is 8.94. The van der Waals surface area contributed by atoms with Crippen molar-refractivity contribution in [2.45, 2.75) is 0 Å². The van der Waals surface area contributed by atoms with Gasteiger partial charge in [0.25, 0.3) is 5.56 Å². The highest BCUT2D eigenvalue weighted by atomic mass is 16.2. The summed E-state index contributed by atoms with van der Waals surface area (Å²) in [4.78, 5) is 27.1. The second-order valence-corrected chi connectivity index (χ2v) is 4.19. The first kappa shape index (κ1) is 12.6. The lowest BCUT2D eigenvalue weighted by atomic mass is 10.2. The molecule has 0 bridgehead atoms. The molecule has 0 saturated heterocycles. The van der Waals surface area contributed by atoms with Gasteiger partial charge in [-0.2, -0.15) is 5.26 Å². The Labute approximate surface area is 109 Å². The second kappa shape index (κ2) is 4.82. The van der Waals surface area contributed by atoms with Gasteiger partial charge >= 0.3 is 5.69 Å². The Kier molecular flexibility index (Phi) is 3.21. The van der Waals surface area contributed by atoms with Crippen LogP contribution < -0.4 is 16.1 Å². The van der Waals surface area contributed by atoms with E-state index in [-0.39, 0.29) is 5.56 Å². The van der Waals surface area contributed by atoms with Gasteiger partial charge in [-0.1, -0.05) is 0 Å². The largest absolute Gasteiger partial charge is 0.378 e. The Morgan fingerprint density at radius 2 is 1.84 bits per heavy atom. The van der Waals surface area contributed by atoms with Gasteiger partial charge in [0, 0.05) is 26.0 Å². The van der Waals surface area contributed by atoms with Gasteiger partial charge < -0.3 is 4.90 Å². The van der Waals surface area contributed by atoms with Gasteiger partial charge in [-0.3, -0.25) is 14.3 Å². The number of nitriles is 1. The molecule has 6 heteroatoms. The molecule has 0 unspecified atom stereocenters. The highest BCUT2D eigenvalue weighted by Gasteiger charge is 2.06. The van der Waals surface area contributed by atoms with Crippen LogP contribution in [0.15, 0.2) is 40.1 Å². The number of aromatic nitrogens is 2. The molecule has 0 aliphatic heterocycles. The van der Waals surface area contributed by atoms with Crippen molar-refractivity contribution in [3.8, 4) is 11.8 Å². The summed E-state index contributed by atoms with van der Waals surface area (Å²) >= 11 is 0. The van der Waals surface area contributed by atoms with E-state index in [4.69, 9.17) is 5.26 Å². The normalized spacial score (nSPS) is 9.95. The van der Waals surface area contributed by atoms with Crippen LogP contribution in [0.4, 0.5) is 5.69 Å². The molecule has 1 aromatic carbocycles. The maximum absolute atomic E-state index is 11.7. The lowest BCUT2D eigenvalue weighted by molar-refractivity contribution is 0.889. The van der Waals surface area contributed by atoms with Crippen molar-refractivity contribution in [1.82, 2.24) is 9.55 Å². The van der Waals surface area contributed by atoms with Crippen LogP contribution in [-0.4, -0.2) is 23.6 Å². The number of benzene rings is 1. The number of aromatic amines is 1. The fourth-order valence-electron chi connectivity index (χ4n) is 1.65. The molecule has 0 fully saturated rings. The zero-order valence-corrected chi connectivity index (χ0v) is 10.5. The van der Waals surface area contributed by atoms with Gasteiger partial charge in [-0.05, 0) is 24.3 Å². The third kappa shape index (κ3) is 2.40. The summed E-state index contributed by atoms with van der Waals surface area (Å²) in [5, 5.41) is 8.81. The Morgan fingerprint density at radius 1 is 1.21 bits per heavy atom. The van der Waals surface area contributed by atoms with Gasteiger partial charge in [0.05, 0.1) is 5.69 Å². The maximum Gasteiger partial charge on any atom is 0.332 e. The molecule has 6 nitrogen and oxygen atoms in total. The predicted octanol–water partition coefficient (Wildman–Crippen LogP) is 0.463. The van der Waals surface area contributed by atoms with Gasteiger partial charge in [0.1, 0.15) is 11.6 Å². The smallest absolute Gasteiger partial charge is 0.332 e. The quantitative estimate of drug-likeness (QED) is 0.846. The van der Waals surface area contributed by atoms with Gasteiger partial charge in [-0.25, -0.2) is 4.79 Å². The summed E-state index contributed by atoms with van der Waals surface area (Å²) in [5.41, 5.74) is 0.233. The first-order chi connectivity index (χ1) is 9.02. The second-order valence-electron chi connectivity index (χ2n) is 4.19. The Morgan fingerprint density at radius 3 is 2.37 bits per heavy atom. The van der Waals surface area contributed by atoms with Crippen molar-refractivity contribution in [3.05, 3.63) is 56.9 Å². The molecular formula is C13H12N4O2. The zero-order valence-electron chi connectivity index (χ0n) is 10.5. The molecule has 2 aromatic rings. The molecule has 19 heavy (non-hydrogen) atoms. The molecule has 2 rings (SSSR count). The Hall–Kier alpha value is -2.81. The average Bonchev–Trinajstić information content (AvgIpc) is 2.39. The molecule has 96 valence electrons. The summed E-state index contributed by atoms with van der Waals surface area (Å²) in [5.74, 6) is 0. The molecular weight excluding hydrogens is 244 g/mol. The van der Waals surface area contributed by atoms with Crippen LogP contribution in [0.1, 0.15) is 5.56 Å². The number of nitrogens with one attached hydrogen (secondary N) is 1. The third-order valence-corrected chi connectivity index (χ3v) is 2.71. The van der Waals surface area contributed by atoms with Crippen LogP contribution >= 0.6 is 0 Å². The number of rotatable bonds is 2. The highest BCUT2D eigenvalue weighted by Crippen LogP contribution is 2.13. The van der Waals surface area contributed by atoms with Crippen molar-refractivity contribution in [2.75, 3.05) is 19.0 Å². The van der Waals surface area contributed by atoms with Crippen LogP contribution in [0, 0.1) is 11.3 Å². The van der Waals surface area contributed by atoms with Gasteiger partial charge in [0.2, 0.25) is 0 Å². The summed E-state index contributed by atoms with van der Waals surface area (Å²) in [7, 11) is 3.82. The maximum atomic E-state index is 11.7. The molecule has 1 aromatic heterocycles. The Bertz CT molecular complexity index is 748. The van der Waals surface area contributed by atoms with Crippen LogP contribution in [0.5, 0.6) is 0 Å². The first-order valence-electron chi connectivity index (χ1n) is 5.57. The number of anilines is 1. The topological polar surface area (TPSA) is 81.9 Å². The molecule has 0 atom stereocenters. The van der Waals surface area contributed by atoms with E-state index in [1.165, 1.54) is 10.8 Å². The standard InChI is InChI=1S/C13H12N4O2/c1-16(2)10-3-5-11(6-4-10)17-8-9(7-14)12(18)15-13(17)19/h3-6,8H,1-2H3,(H,15,18,19). The Balaban J connectivity index is 2.56. The van der Waals surface area contributed by atoms with Gasteiger partial charge in [0.15, 0.2) is 0 Å². The van der Waals surface area contributed by atoms with E-state index < -0.39 is 11.2 Å². The molecule has 0 spiro atoms. The fraction of sp³-hybridized carbons (Fsp3) is 0.154. The molecule has 1 N–H and O–H groups in total. The minimum Gasteiger partial charge on any atom is -0.378 e. The molecule has 0 aliphatic rings. The SMILES string of the molecule is CN(C)c1ccc(-n2cc(C#N)c(=O)[nH]c2=O)cc1. The molecule has 0 saturated carbocycles. The van der Waals surface area contributed by atoms with Crippen LogP contribution in [0.3, 0.4) is 0 Å². The molecule has 0 amide bonds. The van der Waals surface area contributed by atoms with E-state index in [2.05, 4.69) is 4.98 Å². The van der Waals surface area contributed by atoms with E-state index in [0.29, 0.717) is 5.69 Å². The molecule has 0 radical (unpaired) electrons. The first-order valence-corrected chi connectivity index (χ1v) is 5.57. The van der Waals surface area contributed by atoms with E-state index in [0.717, 1.165) is 5.69 Å². The average molecular weight is 256 g/mol. The van der Waals surface area contributed by atoms with Crippen molar-refractivity contribution in [3.63, 3.8) is 0 Å². The monoisotopic (exact) mass is 256 g/mol. The van der Waals surface area contributed by atoms with Crippen LogP contribution in [0.2, 0.25) is 0 Å². The van der Waals surface area contributed by atoms with Crippen molar-refractivity contribution < 1.29 is 0 Å². The number of hydrogen-bond acceptors (Lipinski definition) is 4. The van der Waals surface area contributed by atoms with Crippen molar-refractivity contribution >= 4 is 5.69 Å². The lowest BCUT2D eigenvalue weighted by Gasteiger charge is -2.13. The number of H-pyrrole nitrogens is 1. The number of nitrogens with zero attached hydrogens (tertiary/aromatic N) is 3. The number of hydrogen-bond donors (Lipinski definition) is 1. The minimum absolute atomic E-state index is 0.101. The molecule has 1 heterocycles. The minimum atomic E-state index is -0.673. The summed E-state index contributed by atoms with van der Waals surface area (Å²) < 4.78 is 1.24. The van der Waals surface area contributed by atoms with Crippen LogP contribution in [0.25, 0.3) is 5.69 Å². The van der Waals surface area contributed by atoms with Crippen molar-refractivity contribution in [1.29, 1.82) is 5.26 Å². The van der Waals surface area contributed by atoms with E-state index >= 15 is 0 Å². The molecule has 0 aliphatic carbocycles. The van der Waals surface area contributed by atoms with Crippen LogP contribution in [-0.2, 0) is 0 Å². The fourth-order valence-corrected chi connectivity index (χ4v) is 1.65. The lowest BCUT2D eigenvalue weighted by Crippen LogP contribution is -2.30. The van der Waals surface area contributed by atoms with E-state index in [1.807, 2.05) is 31.1 Å². The van der Waals surface area contributed by atoms with Crippen molar-refractivity contribution in [2.24, 2.45) is 0 Å². The third-order valence-electron chi connectivity index (χ3n) is 2.71. The predicted molar refractivity (Wildman–Crippen MR) is 71.7 cm³/mol. The summed E-state index contributed by atoms with van der Waals surface area (Å²) in [6.45, 7) is 0. The van der Waals surface area contributed by atoms with E-state index in [9.17, 15) is 9.59 Å².